The van der Waals surface area contributed by atoms with Crippen LogP contribution < -0.4 is 0 Å². The molecule has 0 spiro atoms. The van der Waals surface area contributed by atoms with E-state index in [1.165, 1.54) is 6.92 Å². The number of hydrogen-bond donors (Lipinski definition) is 0. The molecule has 0 N–H and O–H groups in total. The largest absolute Gasteiger partial charge is 0.340 e. The van der Waals surface area contributed by atoms with Gasteiger partial charge >= 0.3 is 6.07 Å². The van der Waals surface area contributed by atoms with Crippen molar-refractivity contribution < 1.29 is 4.48 Å². The van der Waals surface area contributed by atoms with Crippen molar-refractivity contribution in [2.75, 3.05) is 0 Å². The monoisotopic (exact) mass is 60.0 g/mol. The Bertz CT molecular complexity index is 42.8. The van der Waals surface area contributed by atoms with Crippen LogP contribution in [0.15, 0.2) is 0 Å². The van der Waals surface area contributed by atoms with Gasteiger partial charge in [0.2, 0.25) is 9.55 Å². The van der Waals surface area contributed by atoms with Gasteiger partial charge in [0.15, 0.2) is 0 Å². The molecule has 0 aliphatic rings. The molecule has 0 atom stereocenters. The highest BCUT2D eigenvalue weighted by Gasteiger charge is 1.57. The van der Waals surface area contributed by atoms with Crippen molar-refractivity contribution >= 4 is 0 Å². The van der Waals surface area contributed by atoms with E-state index in [4.69, 9.17) is 0 Å². The number of rotatable bonds is 0. The molecule has 0 aromatic carbocycles. The van der Waals surface area contributed by atoms with Gasteiger partial charge in [-0.2, -0.15) is 0 Å². The van der Waals surface area contributed by atoms with Crippen molar-refractivity contribution in [3.8, 4) is 6.07 Å². The van der Waals surface area contributed by atoms with Gasteiger partial charge in [-0.05, 0) is 0 Å². The summed E-state index contributed by atoms with van der Waals surface area (Å²) in [7, 11) is 0. The van der Waals surface area contributed by atoms with E-state index in [2.05, 4.69) is 0 Å². The maximum absolute atomic E-state index is 10.2. The van der Waals surface area contributed by atoms with Crippen LogP contribution in [-0.4, -0.2) is 0 Å². The van der Waals surface area contributed by atoms with Gasteiger partial charge in [-0.3, -0.25) is 0 Å². The van der Waals surface area contributed by atoms with E-state index >= 15 is 0 Å². The predicted octanol–water partition coefficient (Wildman–Crippen LogP) is 1.22. The van der Waals surface area contributed by atoms with Gasteiger partial charge in [0, 0.05) is 0 Å². The lowest BCUT2D eigenvalue weighted by molar-refractivity contribution is 0.711. The summed E-state index contributed by atoms with van der Waals surface area (Å²) >= 11 is 0. The van der Waals surface area contributed by atoms with Gasteiger partial charge in [0.1, 0.15) is 0 Å². The Morgan fingerprint density at radius 1 is 2.00 bits per heavy atom. The first-order chi connectivity index (χ1) is 1.91. The Kier molecular flexibility index (Phi) is 2.07. The maximum atomic E-state index is 10.2. The van der Waals surface area contributed by atoms with Crippen molar-refractivity contribution in [2.45, 2.75) is 6.92 Å². The molecule has 0 saturated heterocycles. The normalized spacial score (nSPS) is 3.50. The minimum Gasteiger partial charge on any atom is 0.0760 e. The van der Waals surface area contributed by atoms with Crippen LogP contribution in [0.4, 0.5) is 4.48 Å². The van der Waals surface area contributed by atoms with Crippen LogP contribution in [0.1, 0.15) is 6.92 Å². The zero-order valence-electron chi connectivity index (χ0n) is 2.33. The van der Waals surface area contributed by atoms with E-state index < -0.39 is 0 Å². The average Bonchev–Trinajstić information content (AvgIpc) is 1.37. The Morgan fingerprint density at radius 2 is 2.25 bits per heavy atom. The standard InChI is InChI=1S/C2H3FN/c1-2-4-3/h1H3/q+1. The lowest BCUT2D eigenvalue weighted by Crippen LogP contribution is -1.17. The fraction of sp³-hybridized carbons (Fsp3) is 0.500. The average molecular weight is 60.1 g/mol. The van der Waals surface area contributed by atoms with Crippen LogP contribution in [0.5, 0.6) is 0 Å². The van der Waals surface area contributed by atoms with Gasteiger partial charge in [-0.25, -0.2) is 0 Å². The highest BCUT2D eigenvalue weighted by atomic mass is 19.2. The Balaban J connectivity index is 2.83. The summed E-state index contributed by atoms with van der Waals surface area (Å²) in [4.78, 5) is 0. The molecule has 1 nitrogen and oxygen atoms in total. The third kappa shape index (κ3) is 1.42. The SMILES string of the molecule is CC#[N+]F. The molecule has 0 aromatic heterocycles. The van der Waals surface area contributed by atoms with Gasteiger partial charge in [-0.1, -0.05) is 0 Å². The number of halogens is 1. The molecule has 0 radical (unpaired) electrons. The third-order valence-corrected chi connectivity index (χ3v) is 0.0845. The molecule has 0 aromatic rings. The highest BCUT2D eigenvalue weighted by molar-refractivity contribution is 4.67. The van der Waals surface area contributed by atoms with Crippen LogP contribution in [0.25, 0.3) is 5.07 Å². The molecule has 2 heteroatoms. The van der Waals surface area contributed by atoms with E-state index in [0.717, 1.165) is 0 Å². The molecular weight excluding hydrogens is 57.0 g/mol. The van der Waals surface area contributed by atoms with E-state index in [1.807, 2.05) is 11.1 Å². The van der Waals surface area contributed by atoms with Gasteiger partial charge in [0.25, 0.3) is 0 Å². The van der Waals surface area contributed by atoms with E-state index in [-0.39, 0.29) is 0 Å². The van der Waals surface area contributed by atoms with Crippen molar-refractivity contribution in [1.29, 1.82) is 0 Å². The zero-order chi connectivity index (χ0) is 3.41. The lowest BCUT2D eigenvalue weighted by Gasteiger charge is -1.10. The topological polar surface area (TPSA) is 4.36 Å². The quantitative estimate of drug-likeness (QED) is 0.396. The summed E-state index contributed by atoms with van der Waals surface area (Å²) < 4.78 is 10.2. The zero-order valence-corrected chi connectivity index (χ0v) is 2.33. The van der Waals surface area contributed by atoms with E-state index in [9.17, 15) is 4.48 Å². The molecule has 0 unspecified atom stereocenters. The molecule has 0 fully saturated rings. The van der Waals surface area contributed by atoms with Gasteiger partial charge in [-0.15, -0.1) is 0 Å². The van der Waals surface area contributed by atoms with Gasteiger partial charge < -0.3 is 0 Å². The minimum absolute atomic E-state index is 1.39. The van der Waals surface area contributed by atoms with Gasteiger partial charge in [0.05, 0.1) is 6.92 Å². The maximum Gasteiger partial charge on any atom is 0.340 e. The number of hydrogen-bond acceptors (Lipinski definition) is 0. The smallest absolute Gasteiger partial charge is 0.0760 e. The summed E-state index contributed by atoms with van der Waals surface area (Å²) in [6.07, 6.45) is 0. The molecule has 0 heterocycles. The summed E-state index contributed by atoms with van der Waals surface area (Å²) in [5, 5.41) is 1.99. The van der Waals surface area contributed by atoms with Crippen LogP contribution in [0, 0.1) is 6.07 Å². The fourth-order valence-corrected chi connectivity index (χ4v) is 0. The Labute approximate surface area is 23.8 Å². The fourth-order valence-electron chi connectivity index (χ4n) is 0. The van der Waals surface area contributed by atoms with Crippen LogP contribution in [0.2, 0.25) is 0 Å². The molecule has 0 aliphatic carbocycles. The predicted molar refractivity (Wildman–Crippen MR) is 14.0 cm³/mol. The molecule has 4 heavy (non-hydrogen) atoms. The molecular formula is C2H3FN+. The second-order valence-corrected chi connectivity index (χ2v) is 0.308. The van der Waals surface area contributed by atoms with E-state index in [0.29, 0.717) is 0 Å². The highest BCUT2D eigenvalue weighted by Crippen LogP contribution is 1.56. The first-order valence-electron chi connectivity index (χ1n) is 0.893. The lowest BCUT2D eigenvalue weighted by atomic mass is 11.0. The van der Waals surface area contributed by atoms with Crippen LogP contribution >= 0.6 is 0 Å². The van der Waals surface area contributed by atoms with Crippen molar-refractivity contribution in [3.63, 3.8) is 0 Å². The van der Waals surface area contributed by atoms with Crippen molar-refractivity contribution in [3.05, 3.63) is 5.07 Å². The second kappa shape index (κ2) is 2.42. The summed E-state index contributed by atoms with van der Waals surface area (Å²) in [5.74, 6) is 0. The van der Waals surface area contributed by atoms with E-state index in [1.54, 1.807) is 0 Å². The molecule has 0 amide bonds. The minimum atomic E-state index is 1.39. The molecule has 0 rings (SSSR count). The summed E-state index contributed by atoms with van der Waals surface area (Å²) in [6.45, 7) is 1.39. The summed E-state index contributed by atoms with van der Waals surface area (Å²) in [6, 6.07) is 1.89. The Hall–Kier alpha value is -0.580. The molecule has 0 bridgehead atoms. The van der Waals surface area contributed by atoms with Crippen LogP contribution in [-0.2, 0) is 0 Å². The summed E-state index contributed by atoms with van der Waals surface area (Å²) in [5.41, 5.74) is 0. The Morgan fingerprint density at radius 3 is 2.25 bits per heavy atom. The first-order valence-corrected chi connectivity index (χ1v) is 0.893. The molecule has 22 valence electrons. The van der Waals surface area contributed by atoms with Crippen molar-refractivity contribution in [1.82, 2.24) is 0 Å². The first kappa shape index (κ1) is 3.42. The van der Waals surface area contributed by atoms with Crippen LogP contribution in [0.3, 0.4) is 0 Å². The van der Waals surface area contributed by atoms with Crippen molar-refractivity contribution in [2.24, 2.45) is 0 Å². The second-order valence-electron chi connectivity index (χ2n) is 0.308. The molecule has 0 aliphatic heterocycles. The molecule has 0 saturated carbocycles. The number of nitrogens with zero attached hydrogens (tertiary/aromatic N) is 1. The third-order valence-electron chi connectivity index (χ3n) is 0.0845.